The van der Waals surface area contributed by atoms with Gasteiger partial charge in [-0.2, -0.15) is 0 Å². The molecule has 0 amide bonds. The number of anilines is 3. The molecule has 0 aliphatic heterocycles. The summed E-state index contributed by atoms with van der Waals surface area (Å²) in [5.41, 5.74) is 16.0. The van der Waals surface area contributed by atoms with E-state index in [1.807, 2.05) is 12.1 Å². The smallest absolute Gasteiger partial charge is 0.143 e. The van der Waals surface area contributed by atoms with Gasteiger partial charge in [-0.05, 0) is 105 Å². The largest absolute Gasteiger partial charge is 0.456 e. The van der Waals surface area contributed by atoms with E-state index in [0.29, 0.717) is 0 Å². The lowest BCUT2D eigenvalue weighted by molar-refractivity contribution is 0.669. The van der Waals surface area contributed by atoms with Crippen molar-refractivity contribution in [3.8, 4) is 44.5 Å². The standard InChI is InChI=1S/C58H37NO2/c1-2-11-38(12-3-1)39-21-23-40(24-22-39)41-25-31-45(32-26-41)59(46-33-27-42(28-34-46)44-30-35-50-49-16-7-9-19-54(49)60-56(50)37-44)53-18-8-6-15-48(53)51-17-10-20-55-57(51)52-36-29-43-13-4-5-14-47(43)58(52)61-55/h1-37H. The second-order valence-corrected chi connectivity index (χ2v) is 15.6. The van der Waals surface area contributed by atoms with Crippen LogP contribution in [0.1, 0.15) is 0 Å². The van der Waals surface area contributed by atoms with Gasteiger partial charge in [-0.25, -0.2) is 0 Å². The number of furan rings is 2. The molecule has 0 N–H and O–H groups in total. The highest BCUT2D eigenvalue weighted by molar-refractivity contribution is 6.19. The fraction of sp³-hybridized carbons (Fsp3) is 0. The topological polar surface area (TPSA) is 29.5 Å². The Morgan fingerprint density at radius 1 is 0.295 bits per heavy atom. The van der Waals surface area contributed by atoms with Crippen LogP contribution in [0.25, 0.3) is 99.2 Å². The van der Waals surface area contributed by atoms with Crippen molar-refractivity contribution < 1.29 is 8.83 Å². The average molecular weight is 780 g/mol. The summed E-state index contributed by atoms with van der Waals surface area (Å²) < 4.78 is 12.9. The number of rotatable bonds is 7. The first-order chi connectivity index (χ1) is 30.2. The average Bonchev–Trinajstić information content (AvgIpc) is 3.91. The molecule has 0 atom stereocenters. The predicted octanol–water partition coefficient (Wildman–Crippen LogP) is 16.8. The molecule has 0 spiro atoms. The first-order valence-electron chi connectivity index (χ1n) is 20.7. The van der Waals surface area contributed by atoms with Crippen molar-refractivity contribution in [1.29, 1.82) is 0 Å². The molecule has 0 bridgehead atoms. The van der Waals surface area contributed by atoms with Crippen LogP contribution in [0.15, 0.2) is 233 Å². The first-order valence-corrected chi connectivity index (χ1v) is 20.7. The quantitative estimate of drug-likeness (QED) is 0.161. The molecule has 0 aliphatic carbocycles. The number of benzene rings is 10. The van der Waals surface area contributed by atoms with Crippen molar-refractivity contribution >= 4 is 71.7 Å². The summed E-state index contributed by atoms with van der Waals surface area (Å²) in [6.07, 6.45) is 0. The van der Waals surface area contributed by atoms with Crippen LogP contribution in [0.5, 0.6) is 0 Å². The molecule has 0 saturated heterocycles. The molecule has 0 radical (unpaired) electrons. The predicted molar refractivity (Wildman–Crippen MR) is 255 cm³/mol. The molecule has 3 nitrogen and oxygen atoms in total. The molecule has 2 aromatic heterocycles. The lowest BCUT2D eigenvalue weighted by atomic mass is 9.96. The van der Waals surface area contributed by atoms with Crippen LogP contribution in [0.4, 0.5) is 17.1 Å². The monoisotopic (exact) mass is 779 g/mol. The van der Waals surface area contributed by atoms with Gasteiger partial charge < -0.3 is 13.7 Å². The van der Waals surface area contributed by atoms with Crippen molar-refractivity contribution in [2.24, 2.45) is 0 Å². The molecular weight excluding hydrogens is 743 g/mol. The van der Waals surface area contributed by atoms with E-state index in [0.717, 1.165) is 94.1 Å². The third-order valence-corrected chi connectivity index (χ3v) is 12.1. The highest BCUT2D eigenvalue weighted by atomic mass is 16.3. The minimum atomic E-state index is 0.874. The third-order valence-electron chi connectivity index (χ3n) is 12.1. The van der Waals surface area contributed by atoms with Gasteiger partial charge in [-0.3, -0.25) is 0 Å². The molecular formula is C58H37NO2. The lowest BCUT2D eigenvalue weighted by Crippen LogP contribution is -2.11. The Morgan fingerprint density at radius 3 is 1.57 bits per heavy atom. The van der Waals surface area contributed by atoms with Crippen molar-refractivity contribution in [2.45, 2.75) is 0 Å². The van der Waals surface area contributed by atoms with Gasteiger partial charge in [-0.15, -0.1) is 0 Å². The van der Waals surface area contributed by atoms with Crippen molar-refractivity contribution in [1.82, 2.24) is 0 Å². The molecule has 12 aromatic rings. The Bertz CT molecular complexity index is 3560. The molecule has 2 heterocycles. The summed E-state index contributed by atoms with van der Waals surface area (Å²) in [7, 11) is 0. The minimum absolute atomic E-state index is 0.874. The van der Waals surface area contributed by atoms with Gasteiger partial charge in [0.25, 0.3) is 0 Å². The van der Waals surface area contributed by atoms with Crippen LogP contribution in [0.2, 0.25) is 0 Å². The number of hydrogen-bond donors (Lipinski definition) is 0. The highest BCUT2D eigenvalue weighted by Gasteiger charge is 2.21. The summed E-state index contributed by atoms with van der Waals surface area (Å²) in [4.78, 5) is 2.38. The Balaban J connectivity index is 0.983. The summed E-state index contributed by atoms with van der Waals surface area (Å²) in [6, 6.07) is 79.9. The van der Waals surface area contributed by atoms with E-state index >= 15 is 0 Å². The normalized spacial score (nSPS) is 11.6. The molecule has 0 unspecified atom stereocenters. The number of fused-ring (bicyclic) bond motifs is 8. The SMILES string of the molecule is c1ccc(-c2ccc(-c3ccc(N(c4ccc(-c5ccc6c(c5)oc5ccccc56)cc4)c4ccccc4-c4cccc5oc6c7ccccc7ccc6c45)cc3)cc2)cc1. The van der Waals surface area contributed by atoms with E-state index in [1.54, 1.807) is 0 Å². The first kappa shape index (κ1) is 34.9. The minimum Gasteiger partial charge on any atom is -0.456 e. The van der Waals surface area contributed by atoms with Gasteiger partial charge in [-0.1, -0.05) is 164 Å². The summed E-state index contributed by atoms with van der Waals surface area (Å²) in [5, 5.41) is 6.77. The third kappa shape index (κ3) is 5.98. The summed E-state index contributed by atoms with van der Waals surface area (Å²) in [5.74, 6) is 0. The lowest BCUT2D eigenvalue weighted by Gasteiger charge is -2.28. The van der Waals surface area contributed by atoms with Crippen LogP contribution in [-0.2, 0) is 0 Å². The second-order valence-electron chi connectivity index (χ2n) is 15.6. The number of hydrogen-bond acceptors (Lipinski definition) is 3. The van der Waals surface area contributed by atoms with Gasteiger partial charge >= 0.3 is 0 Å². The number of para-hydroxylation sites is 2. The molecule has 286 valence electrons. The second kappa shape index (κ2) is 14.3. The van der Waals surface area contributed by atoms with E-state index in [2.05, 4.69) is 217 Å². The Hall–Kier alpha value is -8.14. The van der Waals surface area contributed by atoms with E-state index in [1.165, 1.54) is 22.1 Å². The van der Waals surface area contributed by atoms with Gasteiger partial charge in [0, 0.05) is 43.9 Å². The van der Waals surface area contributed by atoms with E-state index in [4.69, 9.17) is 8.83 Å². The van der Waals surface area contributed by atoms with E-state index in [-0.39, 0.29) is 0 Å². The van der Waals surface area contributed by atoms with Crippen LogP contribution in [0, 0.1) is 0 Å². The maximum absolute atomic E-state index is 6.66. The Kier molecular flexibility index (Phi) is 8.17. The Morgan fingerprint density at radius 2 is 0.820 bits per heavy atom. The van der Waals surface area contributed by atoms with Crippen molar-refractivity contribution in [3.63, 3.8) is 0 Å². The van der Waals surface area contributed by atoms with Crippen LogP contribution < -0.4 is 4.90 Å². The van der Waals surface area contributed by atoms with E-state index < -0.39 is 0 Å². The van der Waals surface area contributed by atoms with Crippen LogP contribution in [0.3, 0.4) is 0 Å². The molecule has 3 heteroatoms. The van der Waals surface area contributed by atoms with Crippen LogP contribution in [-0.4, -0.2) is 0 Å². The zero-order valence-corrected chi connectivity index (χ0v) is 33.1. The zero-order chi connectivity index (χ0) is 40.3. The van der Waals surface area contributed by atoms with Crippen molar-refractivity contribution in [2.75, 3.05) is 4.90 Å². The molecule has 12 rings (SSSR count). The maximum Gasteiger partial charge on any atom is 0.143 e. The fourth-order valence-electron chi connectivity index (χ4n) is 9.10. The molecule has 0 fully saturated rings. The van der Waals surface area contributed by atoms with Crippen LogP contribution >= 0.6 is 0 Å². The molecule has 0 aliphatic rings. The van der Waals surface area contributed by atoms with E-state index in [9.17, 15) is 0 Å². The number of nitrogens with zero attached hydrogens (tertiary/aromatic N) is 1. The maximum atomic E-state index is 6.66. The molecule has 61 heavy (non-hydrogen) atoms. The summed E-state index contributed by atoms with van der Waals surface area (Å²) >= 11 is 0. The Labute approximate surface area is 353 Å². The van der Waals surface area contributed by atoms with Gasteiger partial charge in [0.05, 0.1) is 5.69 Å². The van der Waals surface area contributed by atoms with Gasteiger partial charge in [0.15, 0.2) is 0 Å². The van der Waals surface area contributed by atoms with Gasteiger partial charge in [0.1, 0.15) is 22.3 Å². The molecule has 0 saturated carbocycles. The summed E-state index contributed by atoms with van der Waals surface area (Å²) in [6.45, 7) is 0. The zero-order valence-electron chi connectivity index (χ0n) is 33.1. The van der Waals surface area contributed by atoms with Gasteiger partial charge in [0.2, 0.25) is 0 Å². The highest BCUT2D eigenvalue weighted by Crippen LogP contribution is 2.46. The fourth-order valence-corrected chi connectivity index (χ4v) is 9.10. The van der Waals surface area contributed by atoms with Crippen molar-refractivity contribution in [3.05, 3.63) is 224 Å². The molecule has 10 aromatic carbocycles.